The van der Waals surface area contributed by atoms with Crippen LogP contribution in [0.3, 0.4) is 0 Å². The van der Waals surface area contributed by atoms with Crippen molar-refractivity contribution in [2.24, 2.45) is 0 Å². The van der Waals surface area contributed by atoms with Crippen molar-refractivity contribution in [2.45, 2.75) is 64.8 Å². The first-order valence-electron chi connectivity index (χ1n) is 5.52. The monoisotopic (exact) mass is 232 g/mol. The fourth-order valence-corrected chi connectivity index (χ4v) is 2.31. The molecule has 0 heterocycles. The second kappa shape index (κ2) is 5.12. The molecule has 3 nitrogen and oxygen atoms in total. The van der Waals surface area contributed by atoms with Gasteiger partial charge in [-0.1, -0.05) is 34.1 Å². The zero-order chi connectivity index (χ0) is 12.3. The van der Waals surface area contributed by atoms with Crippen molar-refractivity contribution in [1.29, 1.82) is 0 Å². The largest absolute Gasteiger partial charge is 0.479 e. The minimum Gasteiger partial charge on any atom is -0.479 e. The minimum atomic E-state index is -1.95. The summed E-state index contributed by atoms with van der Waals surface area (Å²) in [5.41, 5.74) is 0. The van der Waals surface area contributed by atoms with Crippen molar-refractivity contribution in [3.05, 3.63) is 0 Å². The lowest BCUT2D eigenvalue weighted by atomic mass is 10.2. The molecule has 0 saturated carbocycles. The number of hydrogen-bond donors (Lipinski definition) is 1. The van der Waals surface area contributed by atoms with E-state index in [0.29, 0.717) is 6.42 Å². The first kappa shape index (κ1) is 14.6. The lowest BCUT2D eigenvalue weighted by Gasteiger charge is -2.38. The van der Waals surface area contributed by atoms with Crippen molar-refractivity contribution in [2.75, 3.05) is 0 Å². The average molecular weight is 232 g/mol. The van der Waals surface area contributed by atoms with Crippen LogP contribution < -0.4 is 0 Å². The molecular weight excluding hydrogens is 208 g/mol. The average Bonchev–Trinajstić information content (AvgIpc) is 2.00. The van der Waals surface area contributed by atoms with E-state index in [1.807, 2.05) is 6.92 Å². The van der Waals surface area contributed by atoms with E-state index in [9.17, 15) is 4.79 Å². The van der Waals surface area contributed by atoms with Gasteiger partial charge in [-0.15, -0.1) is 0 Å². The summed E-state index contributed by atoms with van der Waals surface area (Å²) in [6.07, 6.45) is 0.809. The Morgan fingerprint density at radius 1 is 1.40 bits per heavy atom. The first-order valence-corrected chi connectivity index (χ1v) is 8.43. The third-order valence-corrected chi connectivity index (χ3v) is 7.56. The molecule has 0 aromatic rings. The summed E-state index contributed by atoms with van der Waals surface area (Å²) in [7, 11) is -1.95. The van der Waals surface area contributed by atoms with E-state index in [2.05, 4.69) is 33.9 Å². The Kier molecular flexibility index (Phi) is 5.00. The maximum Gasteiger partial charge on any atom is 0.331 e. The van der Waals surface area contributed by atoms with E-state index in [4.69, 9.17) is 9.53 Å². The van der Waals surface area contributed by atoms with Crippen molar-refractivity contribution >= 4 is 14.3 Å². The molecule has 15 heavy (non-hydrogen) atoms. The molecule has 0 bridgehead atoms. The van der Waals surface area contributed by atoms with E-state index in [-0.39, 0.29) is 5.04 Å². The summed E-state index contributed by atoms with van der Waals surface area (Å²) in [5.74, 6) is -0.832. The maximum absolute atomic E-state index is 11.0. The number of hydrogen-bond acceptors (Lipinski definition) is 2. The SMILES string of the molecule is CCCC(O[Si](C)(C)C(C)(C)C)C(=O)O. The highest BCUT2D eigenvalue weighted by Gasteiger charge is 2.40. The molecule has 0 aliphatic heterocycles. The number of carbonyl (C=O) groups is 1. The van der Waals surface area contributed by atoms with E-state index in [1.165, 1.54) is 0 Å². The zero-order valence-corrected chi connectivity index (χ0v) is 11.8. The number of carboxylic acid groups (broad SMARTS) is 1. The van der Waals surface area contributed by atoms with Crippen LogP contribution in [0, 0.1) is 0 Å². The topological polar surface area (TPSA) is 46.5 Å². The molecule has 90 valence electrons. The minimum absolute atomic E-state index is 0.0639. The van der Waals surface area contributed by atoms with Crippen LogP contribution in [0.5, 0.6) is 0 Å². The Balaban J connectivity index is 4.59. The summed E-state index contributed by atoms with van der Waals surface area (Å²) >= 11 is 0. The Hall–Kier alpha value is -0.353. The molecule has 0 spiro atoms. The Labute approximate surface area is 94.0 Å². The van der Waals surface area contributed by atoms with Gasteiger partial charge in [-0.05, 0) is 24.6 Å². The van der Waals surface area contributed by atoms with Gasteiger partial charge >= 0.3 is 5.97 Å². The second-order valence-corrected chi connectivity index (χ2v) is 10.3. The van der Waals surface area contributed by atoms with E-state index in [1.54, 1.807) is 0 Å². The smallest absolute Gasteiger partial charge is 0.331 e. The van der Waals surface area contributed by atoms with Gasteiger partial charge in [0, 0.05) is 0 Å². The summed E-state index contributed by atoms with van der Waals surface area (Å²) in [5, 5.41) is 9.09. The van der Waals surface area contributed by atoms with Crippen LogP contribution in [0.1, 0.15) is 40.5 Å². The number of aliphatic carboxylic acids is 1. The first-order chi connectivity index (χ1) is 6.62. The van der Waals surface area contributed by atoms with Crippen molar-refractivity contribution in [1.82, 2.24) is 0 Å². The van der Waals surface area contributed by atoms with Gasteiger partial charge < -0.3 is 9.53 Å². The molecule has 0 aromatic carbocycles. The third-order valence-electron chi connectivity index (χ3n) is 3.07. The van der Waals surface area contributed by atoms with Gasteiger partial charge in [0.15, 0.2) is 8.32 Å². The van der Waals surface area contributed by atoms with Gasteiger partial charge in [-0.3, -0.25) is 0 Å². The highest BCUT2D eigenvalue weighted by molar-refractivity contribution is 6.74. The lowest BCUT2D eigenvalue weighted by Crippen LogP contribution is -2.46. The third kappa shape index (κ3) is 4.34. The van der Waals surface area contributed by atoms with Crippen LogP contribution in [-0.2, 0) is 9.22 Å². The standard InChI is InChI=1S/C11H24O3Si/c1-7-8-9(10(12)13)14-15(5,6)11(2,3)4/h9H,7-8H2,1-6H3,(H,12,13). The van der Waals surface area contributed by atoms with Crippen LogP contribution >= 0.6 is 0 Å². The van der Waals surface area contributed by atoms with Gasteiger partial charge in [0.25, 0.3) is 0 Å². The van der Waals surface area contributed by atoms with E-state index < -0.39 is 20.4 Å². The Morgan fingerprint density at radius 3 is 2.13 bits per heavy atom. The molecule has 1 unspecified atom stereocenters. The molecule has 0 saturated heterocycles. The number of rotatable bonds is 5. The molecule has 0 fully saturated rings. The van der Waals surface area contributed by atoms with Crippen LogP contribution in [0.4, 0.5) is 0 Å². The second-order valence-electron chi connectivity index (χ2n) is 5.49. The summed E-state index contributed by atoms with van der Waals surface area (Å²) in [6, 6.07) is 0. The Morgan fingerprint density at radius 2 is 1.87 bits per heavy atom. The number of carboxylic acids is 1. The quantitative estimate of drug-likeness (QED) is 0.740. The predicted molar refractivity (Wildman–Crippen MR) is 64.6 cm³/mol. The van der Waals surface area contributed by atoms with Crippen LogP contribution in [0.25, 0.3) is 0 Å². The Bertz CT molecular complexity index is 218. The molecule has 0 aliphatic carbocycles. The predicted octanol–water partition coefficient (Wildman–Crippen LogP) is 3.26. The van der Waals surface area contributed by atoms with Gasteiger partial charge in [-0.2, -0.15) is 0 Å². The molecule has 0 aliphatic rings. The van der Waals surface area contributed by atoms with E-state index >= 15 is 0 Å². The molecule has 0 rings (SSSR count). The van der Waals surface area contributed by atoms with Crippen molar-refractivity contribution < 1.29 is 14.3 Å². The molecule has 1 N–H and O–H groups in total. The summed E-state index contributed by atoms with van der Waals surface area (Å²) < 4.78 is 5.84. The molecular formula is C11H24O3Si. The highest BCUT2D eigenvalue weighted by atomic mass is 28.4. The van der Waals surface area contributed by atoms with Crippen LogP contribution in [0.15, 0.2) is 0 Å². The van der Waals surface area contributed by atoms with Crippen LogP contribution in [-0.4, -0.2) is 25.5 Å². The maximum atomic E-state index is 11.0. The zero-order valence-electron chi connectivity index (χ0n) is 10.8. The van der Waals surface area contributed by atoms with Gasteiger partial charge in [0.05, 0.1) is 0 Å². The molecule has 1 atom stereocenters. The molecule has 0 amide bonds. The fourth-order valence-electron chi connectivity index (χ4n) is 1.03. The van der Waals surface area contributed by atoms with Crippen LogP contribution in [0.2, 0.25) is 18.1 Å². The normalized spacial score (nSPS) is 15.1. The summed E-state index contributed by atoms with van der Waals surface area (Å²) in [4.78, 5) is 11.0. The van der Waals surface area contributed by atoms with E-state index in [0.717, 1.165) is 6.42 Å². The molecule has 0 radical (unpaired) electrons. The molecule has 0 aromatic heterocycles. The van der Waals surface area contributed by atoms with Gasteiger partial charge in [-0.25, -0.2) is 4.79 Å². The van der Waals surface area contributed by atoms with Gasteiger partial charge in [0.1, 0.15) is 6.10 Å². The fraction of sp³-hybridized carbons (Fsp3) is 0.909. The van der Waals surface area contributed by atoms with Crippen molar-refractivity contribution in [3.8, 4) is 0 Å². The lowest BCUT2D eigenvalue weighted by molar-refractivity contribution is -0.146. The molecule has 4 heteroatoms. The van der Waals surface area contributed by atoms with Crippen molar-refractivity contribution in [3.63, 3.8) is 0 Å². The summed E-state index contributed by atoms with van der Waals surface area (Å²) in [6.45, 7) is 12.5. The highest BCUT2D eigenvalue weighted by Crippen LogP contribution is 2.37. The van der Waals surface area contributed by atoms with Gasteiger partial charge in [0.2, 0.25) is 0 Å².